The maximum Gasteiger partial charge on any atom is 0.410 e. The summed E-state index contributed by atoms with van der Waals surface area (Å²) >= 11 is 12.6. The first kappa shape index (κ1) is 23.4. The van der Waals surface area contributed by atoms with Gasteiger partial charge in [-0.05, 0) is 42.9 Å². The molecular formula is C27H24Cl2N2O5. The van der Waals surface area contributed by atoms with E-state index < -0.39 is 5.97 Å². The van der Waals surface area contributed by atoms with E-state index in [2.05, 4.69) is 5.16 Å². The number of amides is 1. The average Bonchev–Trinajstić information content (AvgIpc) is 3.36. The molecule has 36 heavy (non-hydrogen) atoms. The van der Waals surface area contributed by atoms with Crippen LogP contribution in [0.5, 0.6) is 0 Å². The third-order valence-electron chi connectivity index (χ3n) is 7.66. The van der Waals surface area contributed by atoms with Gasteiger partial charge in [0.15, 0.2) is 0 Å². The molecule has 9 heteroatoms. The van der Waals surface area contributed by atoms with Crippen molar-refractivity contribution in [1.29, 1.82) is 0 Å². The van der Waals surface area contributed by atoms with Gasteiger partial charge in [-0.25, -0.2) is 9.59 Å². The van der Waals surface area contributed by atoms with Crippen LogP contribution in [0.25, 0.3) is 11.3 Å². The monoisotopic (exact) mass is 526 g/mol. The fourth-order valence-corrected chi connectivity index (χ4v) is 6.43. The molecule has 2 aromatic carbocycles. The van der Waals surface area contributed by atoms with Gasteiger partial charge in [0, 0.05) is 24.4 Å². The topological polar surface area (TPSA) is 81.9 Å². The smallest absolute Gasteiger partial charge is 0.410 e. The Morgan fingerprint density at radius 2 is 1.81 bits per heavy atom. The maximum atomic E-state index is 13.2. The van der Waals surface area contributed by atoms with Crippen LogP contribution < -0.4 is 0 Å². The molecule has 3 atom stereocenters. The lowest BCUT2D eigenvalue weighted by atomic mass is 9.90. The second-order valence-corrected chi connectivity index (χ2v) is 10.6. The van der Waals surface area contributed by atoms with Crippen LogP contribution in [0.3, 0.4) is 0 Å². The molecule has 1 amide bonds. The van der Waals surface area contributed by atoms with Gasteiger partial charge in [0.2, 0.25) is 0 Å². The van der Waals surface area contributed by atoms with Crippen LogP contribution in [-0.4, -0.2) is 40.3 Å². The van der Waals surface area contributed by atoms with Crippen molar-refractivity contribution in [2.75, 3.05) is 6.54 Å². The summed E-state index contributed by atoms with van der Waals surface area (Å²) in [6, 6.07) is 14.7. The average molecular weight is 527 g/mol. The molecule has 2 bridgehead atoms. The van der Waals surface area contributed by atoms with E-state index in [1.54, 1.807) is 18.2 Å². The van der Waals surface area contributed by atoms with E-state index >= 15 is 0 Å². The molecule has 6 rings (SSSR count). The standard InChI is InChI=1S/C27H24Cl2N2O5/c28-20-7-4-8-21(29)23(20)24-19(15-35-30-24)25(32)36-22-12-27(18-9-10-18)11-17(22)13-31(27)26(33)34-14-16-5-2-1-3-6-16/h1-8,15,17-18,22H,9-14H2/t17-,22-,27-/m1/s1. The van der Waals surface area contributed by atoms with Gasteiger partial charge in [0.05, 0.1) is 15.6 Å². The number of hydrogen-bond acceptors (Lipinski definition) is 6. The highest BCUT2D eigenvalue weighted by atomic mass is 35.5. The van der Waals surface area contributed by atoms with Crippen molar-refractivity contribution in [3.8, 4) is 11.3 Å². The Morgan fingerprint density at radius 1 is 1.06 bits per heavy atom. The third-order valence-corrected chi connectivity index (χ3v) is 8.29. The largest absolute Gasteiger partial charge is 0.458 e. The number of hydrogen-bond donors (Lipinski definition) is 0. The van der Waals surface area contributed by atoms with E-state index in [4.69, 9.17) is 37.2 Å². The van der Waals surface area contributed by atoms with Gasteiger partial charge >= 0.3 is 12.1 Å². The minimum Gasteiger partial charge on any atom is -0.458 e. The van der Waals surface area contributed by atoms with Crippen molar-refractivity contribution >= 4 is 35.3 Å². The maximum absolute atomic E-state index is 13.2. The summed E-state index contributed by atoms with van der Waals surface area (Å²) in [6.07, 6.45) is 4.19. The number of piperidine rings is 1. The number of nitrogens with zero attached hydrogens (tertiary/aromatic N) is 2. The van der Waals surface area contributed by atoms with Crippen LogP contribution in [0.15, 0.2) is 59.3 Å². The van der Waals surface area contributed by atoms with E-state index in [1.165, 1.54) is 6.26 Å². The Kier molecular flexibility index (Phi) is 5.92. The summed E-state index contributed by atoms with van der Waals surface area (Å²) < 4.78 is 16.8. The molecule has 2 saturated carbocycles. The molecule has 3 fully saturated rings. The minimum absolute atomic E-state index is 0.0473. The molecule has 2 aliphatic carbocycles. The normalized spacial score (nSPS) is 24.7. The summed E-state index contributed by atoms with van der Waals surface area (Å²) in [7, 11) is 0. The summed E-state index contributed by atoms with van der Waals surface area (Å²) in [5.74, 6) is -0.0847. The Labute approximate surface area is 218 Å². The quantitative estimate of drug-likeness (QED) is 0.346. The molecular weight excluding hydrogens is 503 g/mol. The Morgan fingerprint density at radius 3 is 2.53 bits per heavy atom. The van der Waals surface area contributed by atoms with Gasteiger partial charge in [-0.2, -0.15) is 0 Å². The molecule has 0 N–H and O–H groups in total. The minimum atomic E-state index is -0.538. The van der Waals surface area contributed by atoms with Crippen LogP contribution in [0.4, 0.5) is 4.79 Å². The predicted molar refractivity (Wildman–Crippen MR) is 133 cm³/mol. The Balaban J connectivity index is 1.16. The van der Waals surface area contributed by atoms with E-state index in [-0.39, 0.29) is 41.5 Å². The lowest BCUT2D eigenvalue weighted by molar-refractivity contribution is -0.0114. The molecule has 0 unspecified atom stereocenters. The van der Waals surface area contributed by atoms with Gasteiger partial charge in [-0.1, -0.05) is 64.8 Å². The van der Waals surface area contributed by atoms with Crippen molar-refractivity contribution in [2.24, 2.45) is 11.8 Å². The van der Waals surface area contributed by atoms with Crippen molar-refractivity contribution in [2.45, 2.75) is 43.9 Å². The fourth-order valence-electron chi connectivity index (χ4n) is 5.86. The first-order chi connectivity index (χ1) is 17.5. The number of fused-ring (bicyclic) bond motifs is 2. The van der Waals surface area contributed by atoms with Crippen LogP contribution >= 0.6 is 23.2 Å². The van der Waals surface area contributed by atoms with Crippen LogP contribution in [0.1, 0.15) is 41.6 Å². The van der Waals surface area contributed by atoms with E-state index in [9.17, 15) is 9.59 Å². The summed E-state index contributed by atoms with van der Waals surface area (Å²) in [5, 5.41) is 4.70. The molecule has 0 radical (unpaired) electrons. The Hall–Kier alpha value is -3.03. The molecule has 3 aliphatic rings. The van der Waals surface area contributed by atoms with Crippen molar-refractivity contribution in [3.63, 3.8) is 0 Å². The molecule has 2 heterocycles. The van der Waals surface area contributed by atoms with Gasteiger partial charge in [0.25, 0.3) is 0 Å². The number of carbonyl (C=O) groups is 2. The second kappa shape index (κ2) is 9.12. The van der Waals surface area contributed by atoms with E-state index in [0.717, 1.165) is 24.8 Å². The SMILES string of the molecule is O=C(O[C@@H]1C[C@@]2(C3CC3)C[C@@H]1CN2C(=O)OCc1ccccc1)c1conc1-c1c(Cl)cccc1Cl. The molecule has 3 aromatic rings. The van der Waals surface area contributed by atoms with Gasteiger partial charge in [-0.3, -0.25) is 0 Å². The number of carbonyl (C=O) groups excluding carboxylic acids is 2. The molecule has 1 aliphatic heterocycles. The summed E-state index contributed by atoms with van der Waals surface area (Å²) in [6.45, 7) is 0.746. The molecule has 7 nitrogen and oxygen atoms in total. The van der Waals surface area contributed by atoms with Crippen LogP contribution in [0, 0.1) is 11.8 Å². The highest BCUT2D eigenvalue weighted by Gasteiger charge is 2.64. The number of esters is 1. The summed E-state index contributed by atoms with van der Waals surface area (Å²) in [5.41, 5.74) is 1.48. The first-order valence-corrected chi connectivity index (χ1v) is 12.8. The molecule has 1 saturated heterocycles. The van der Waals surface area contributed by atoms with Gasteiger partial charge in [0.1, 0.15) is 30.2 Å². The Bertz CT molecular complexity index is 1290. The highest BCUT2D eigenvalue weighted by Crippen LogP contribution is 2.58. The summed E-state index contributed by atoms with van der Waals surface area (Å²) in [4.78, 5) is 28.2. The first-order valence-electron chi connectivity index (χ1n) is 12.0. The molecule has 0 spiro atoms. The molecule has 186 valence electrons. The highest BCUT2D eigenvalue weighted by molar-refractivity contribution is 6.39. The van der Waals surface area contributed by atoms with Crippen LogP contribution in [-0.2, 0) is 16.1 Å². The van der Waals surface area contributed by atoms with Crippen LogP contribution in [0.2, 0.25) is 10.0 Å². The zero-order valence-corrected chi connectivity index (χ0v) is 20.9. The number of likely N-dealkylation sites (tertiary alicyclic amines) is 1. The van der Waals surface area contributed by atoms with Gasteiger partial charge in [-0.15, -0.1) is 0 Å². The predicted octanol–water partition coefficient (Wildman–Crippen LogP) is 6.39. The lowest BCUT2D eigenvalue weighted by Gasteiger charge is -2.40. The van der Waals surface area contributed by atoms with Gasteiger partial charge < -0.3 is 18.9 Å². The fraction of sp³-hybridized carbons (Fsp3) is 0.370. The van der Waals surface area contributed by atoms with E-state index in [0.29, 0.717) is 34.5 Å². The number of halogens is 2. The lowest BCUT2D eigenvalue weighted by Crippen LogP contribution is -2.52. The van der Waals surface area contributed by atoms with Crippen molar-refractivity contribution < 1.29 is 23.6 Å². The molecule has 1 aromatic heterocycles. The number of aromatic nitrogens is 1. The van der Waals surface area contributed by atoms with Crippen molar-refractivity contribution in [1.82, 2.24) is 10.1 Å². The second-order valence-electron chi connectivity index (χ2n) is 9.81. The third kappa shape index (κ3) is 4.04. The van der Waals surface area contributed by atoms with Crippen molar-refractivity contribution in [3.05, 3.63) is 76.0 Å². The zero-order chi connectivity index (χ0) is 24.9. The van der Waals surface area contributed by atoms with E-state index in [1.807, 2.05) is 35.2 Å². The number of benzene rings is 2. The zero-order valence-electron chi connectivity index (χ0n) is 19.4. The number of ether oxygens (including phenoxy) is 2. The number of rotatable bonds is 6.